The van der Waals surface area contributed by atoms with Crippen LogP contribution in [0.2, 0.25) is 0 Å². The number of nitrogens with zero attached hydrogens (tertiary/aromatic N) is 1. The van der Waals surface area contributed by atoms with Crippen LogP contribution in [0.5, 0.6) is 5.75 Å². The number of hydrogen-bond donors (Lipinski definition) is 0. The van der Waals surface area contributed by atoms with Gasteiger partial charge in [-0.2, -0.15) is 21.6 Å². The first-order chi connectivity index (χ1) is 10.5. The summed E-state index contributed by atoms with van der Waals surface area (Å²) in [7, 11) is -2.89. The molecule has 5 nitrogen and oxygen atoms in total. The van der Waals surface area contributed by atoms with Crippen molar-refractivity contribution in [3.8, 4) is 5.75 Å². The second kappa shape index (κ2) is 5.73. The van der Waals surface area contributed by atoms with E-state index in [0.717, 1.165) is 6.07 Å². The molecule has 0 fully saturated rings. The van der Waals surface area contributed by atoms with Crippen molar-refractivity contribution in [1.29, 1.82) is 0 Å². The van der Waals surface area contributed by atoms with E-state index >= 15 is 0 Å². The van der Waals surface area contributed by atoms with Crippen LogP contribution in [0, 0.1) is 0 Å². The second-order valence-electron chi connectivity index (χ2n) is 4.84. The van der Waals surface area contributed by atoms with Crippen LogP contribution in [0.15, 0.2) is 36.4 Å². The fourth-order valence-corrected chi connectivity index (χ4v) is 2.43. The number of carbonyl (C=O) groups is 1. The van der Waals surface area contributed by atoms with E-state index in [1.165, 1.54) is 43.3 Å². The molecule has 0 bridgehead atoms. The zero-order valence-electron chi connectivity index (χ0n) is 12.1. The van der Waals surface area contributed by atoms with Gasteiger partial charge in [-0.3, -0.25) is 4.79 Å². The fraction of sp³-hybridized carbons (Fsp3) is 0.214. The van der Waals surface area contributed by atoms with Crippen LogP contribution in [-0.2, 0) is 10.1 Å². The smallest absolute Gasteiger partial charge is 0.375 e. The van der Waals surface area contributed by atoms with Gasteiger partial charge in [0, 0.05) is 19.5 Å². The van der Waals surface area contributed by atoms with Gasteiger partial charge in [0.25, 0.3) is 5.91 Å². The summed E-state index contributed by atoms with van der Waals surface area (Å²) in [5, 5.41) is 0.383. The van der Waals surface area contributed by atoms with Gasteiger partial charge < -0.3 is 9.08 Å². The molecule has 0 aliphatic heterocycles. The summed E-state index contributed by atoms with van der Waals surface area (Å²) in [6, 6.07) is 8.41. The maximum Gasteiger partial charge on any atom is 0.534 e. The first kappa shape index (κ1) is 17.1. The van der Waals surface area contributed by atoms with E-state index in [9.17, 15) is 26.4 Å². The molecule has 0 aromatic heterocycles. The summed E-state index contributed by atoms with van der Waals surface area (Å²) in [6.45, 7) is 0. The van der Waals surface area contributed by atoms with Crippen LogP contribution in [0.1, 0.15) is 10.4 Å². The molecule has 0 atom stereocenters. The highest BCUT2D eigenvalue weighted by Crippen LogP contribution is 2.34. The van der Waals surface area contributed by atoms with Crippen molar-refractivity contribution in [3.63, 3.8) is 0 Å². The maximum absolute atomic E-state index is 12.5. The minimum absolute atomic E-state index is 0.00141. The third kappa shape index (κ3) is 3.24. The first-order valence-corrected chi connectivity index (χ1v) is 7.69. The highest BCUT2D eigenvalue weighted by molar-refractivity contribution is 7.88. The van der Waals surface area contributed by atoms with Gasteiger partial charge in [-0.05, 0) is 17.5 Å². The number of halogens is 3. The standard InChI is InChI=1S/C14H12F3NO4S/c1-18(2)13(19)10-7-3-5-9-6-4-8-11(12(9)10)22-23(20,21)14(15,16)17/h3-8H,1-2H3. The SMILES string of the molecule is CN(C)C(=O)c1cccc2cccc(OS(=O)(=O)C(F)(F)F)c12. The van der Waals surface area contributed by atoms with Crippen LogP contribution in [0.4, 0.5) is 13.2 Å². The highest BCUT2D eigenvalue weighted by atomic mass is 32.2. The molecular weight excluding hydrogens is 335 g/mol. The van der Waals surface area contributed by atoms with Crippen molar-refractivity contribution < 1.29 is 30.6 Å². The Hall–Kier alpha value is -2.29. The highest BCUT2D eigenvalue weighted by Gasteiger charge is 2.48. The number of fused-ring (bicyclic) bond motifs is 1. The van der Waals surface area contributed by atoms with Gasteiger partial charge in [-0.1, -0.05) is 24.3 Å². The first-order valence-electron chi connectivity index (χ1n) is 6.29. The van der Waals surface area contributed by atoms with Gasteiger partial charge in [-0.15, -0.1) is 0 Å². The lowest BCUT2D eigenvalue weighted by Gasteiger charge is -2.16. The lowest BCUT2D eigenvalue weighted by Crippen LogP contribution is -2.28. The molecule has 2 aromatic rings. The molecule has 1 amide bonds. The van der Waals surface area contributed by atoms with Gasteiger partial charge in [0.15, 0.2) is 5.75 Å². The Morgan fingerprint density at radius 2 is 1.65 bits per heavy atom. The van der Waals surface area contributed by atoms with E-state index in [0.29, 0.717) is 5.39 Å². The van der Waals surface area contributed by atoms with Crippen LogP contribution < -0.4 is 4.18 Å². The molecular formula is C14H12F3NO4S. The Balaban J connectivity index is 2.69. The molecule has 2 aromatic carbocycles. The van der Waals surface area contributed by atoms with E-state index in [4.69, 9.17) is 0 Å². The van der Waals surface area contributed by atoms with Crippen molar-refractivity contribution in [2.75, 3.05) is 14.1 Å². The molecule has 0 saturated heterocycles. The minimum Gasteiger partial charge on any atom is -0.375 e. The molecule has 0 heterocycles. The number of rotatable bonds is 3. The van der Waals surface area contributed by atoms with Gasteiger partial charge in [-0.25, -0.2) is 0 Å². The third-order valence-corrected chi connectivity index (χ3v) is 3.95. The Kier molecular flexibility index (Phi) is 4.25. The maximum atomic E-state index is 12.5. The van der Waals surface area contributed by atoms with Gasteiger partial charge in [0.2, 0.25) is 0 Å². The largest absolute Gasteiger partial charge is 0.534 e. The fourth-order valence-electron chi connectivity index (χ4n) is 1.96. The Morgan fingerprint density at radius 1 is 1.09 bits per heavy atom. The second-order valence-corrected chi connectivity index (χ2v) is 6.38. The molecule has 0 N–H and O–H groups in total. The lowest BCUT2D eigenvalue weighted by molar-refractivity contribution is -0.0499. The summed E-state index contributed by atoms with van der Waals surface area (Å²) < 4.78 is 64.3. The predicted molar refractivity (Wildman–Crippen MR) is 77.6 cm³/mol. The van der Waals surface area contributed by atoms with Gasteiger partial charge >= 0.3 is 15.6 Å². The van der Waals surface area contributed by atoms with Crippen molar-refractivity contribution in [1.82, 2.24) is 4.90 Å². The van der Waals surface area contributed by atoms with Crippen LogP contribution >= 0.6 is 0 Å². The summed E-state index contributed by atoms with van der Waals surface area (Å²) in [5.41, 5.74) is -5.52. The number of hydrogen-bond acceptors (Lipinski definition) is 4. The Labute approximate surface area is 130 Å². The van der Waals surface area contributed by atoms with Crippen molar-refractivity contribution in [2.24, 2.45) is 0 Å². The normalized spacial score (nSPS) is 12.2. The average molecular weight is 347 g/mol. The molecule has 0 aliphatic carbocycles. The zero-order chi connectivity index (χ0) is 17.4. The van der Waals surface area contributed by atoms with E-state index in [1.54, 1.807) is 6.07 Å². The molecule has 9 heteroatoms. The van der Waals surface area contributed by atoms with Crippen LogP contribution in [0.3, 0.4) is 0 Å². The lowest BCUT2D eigenvalue weighted by atomic mass is 10.0. The monoisotopic (exact) mass is 347 g/mol. The van der Waals surface area contributed by atoms with E-state index < -0.39 is 27.3 Å². The third-order valence-electron chi connectivity index (χ3n) is 2.99. The number of benzene rings is 2. The summed E-state index contributed by atoms with van der Waals surface area (Å²) in [4.78, 5) is 13.4. The number of carbonyl (C=O) groups excluding carboxylic acids is 1. The molecule has 0 radical (unpaired) electrons. The summed E-state index contributed by atoms with van der Waals surface area (Å²) in [5.74, 6) is -1.04. The predicted octanol–water partition coefficient (Wildman–Crippen LogP) is 2.77. The average Bonchev–Trinajstić information content (AvgIpc) is 2.44. The molecule has 0 saturated carbocycles. The van der Waals surface area contributed by atoms with Crippen LogP contribution in [0.25, 0.3) is 10.8 Å². The number of amides is 1. The van der Waals surface area contributed by atoms with Gasteiger partial charge in [0.1, 0.15) is 0 Å². The molecule has 0 unspecified atom stereocenters. The Bertz CT molecular complexity index is 855. The van der Waals surface area contributed by atoms with Crippen LogP contribution in [-0.4, -0.2) is 38.8 Å². The van der Waals surface area contributed by atoms with Crippen molar-refractivity contribution in [2.45, 2.75) is 5.51 Å². The zero-order valence-corrected chi connectivity index (χ0v) is 12.9. The molecule has 23 heavy (non-hydrogen) atoms. The molecule has 0 aliphatic rings. The Morgan fingerprint density at radius 3 is 2.17 bits per heavy atom. The topological polar surface area (TPSA) is 63.7 Å². The summed E-state index contributed by atoms with van der Waals surface area (Å²) >= 11 is 0. The van der Waals surface area contributed by atoms with E-state index in [1.807, 2.05) is 0 Å². The van der Waals surface area contributed by atoms with Crippen molar-refractivity contribution in [3.05, 3.63) is 42.0 Å². The van der Waals surface area contributed by atoms with Crippen molar-refractivity contribution >= 4 is 26.8 Å². The van der Waals surface area contributed by atoms with E-state index in [-0.39, 0.29) is 10.9 Å². The quantitative estimate of drug-likeness (QED) is 0.633. The minimum atomic E-state index is -5.83. The summed E-state index contributed by atoms with van der Waals surface area (Å²) in [6.07, 6.45) is 0. The molecule has 124 valence electrons. The number of alkyl halides is 3. The van der Waals surface area contributed by atoms with Gasteiger partial charge in [0.05, 0.1) is 5.56 Å². The molecule has 2 rings (SSSR count). The van der Waals surface area contributed by atoms with E-state index in [2.05, 4.69) is 4.18 Å². The molecule has 0 spiro atoms.